The summed E-state index contributed by atoms with van der Waals surface area (Å²) in [5.41, 5.74) is 0. The maximum absolute atomic E-state index is 12.1. The van der Waals surface area contributed by atoms with Crippen molar-refractivity contribution < 1.29 is 9.21 Å². The van der Waals surface area contributed by atoms with Crippen molar-refractivity contribution in [1.29, 1.82) is 0 Å². The van der Waals surface area contributed by atoms with Crippen molar-refractivity contribution >= 4 is 5.91 Å². The van der Waals surface area contributed by atoms with Crippen LogP contribution in [0.25, 0.3) is 0 Å². The molecule has 0 saturated heterocycles. The number of nitrogens with zero attached hydrogens (tertiary/aromatic N) is 4. The molecule has 1 aliphatic rings. The summed E-state index contributed by atoms with van der Waals surface area (Å²) >= 11 is 0. The van der Waals surface area contributed by atoms with Crippen LogP contribution in [0.5, 0.6) is 0 Å². The van der Waals surface area contributed by atoms with Crippen LogP contribution in [0, 0.1) is 6.92 Å². The number of carbonyl (C=O) groups excluding carboxylic acids is 1. The highest BCUT2D eigenvalue weighted by Gasteiger charge is 2.25. The van der Waals surface area contributed by atoms with Gasteiger partial charge in [0.1, 0.15) is 5.82 Å². The first kappa shape index (κ1) is 10.1. The maximum atomic E-state index is 12.1. The fourth-order valence-corrected chi connectivity index (χ4v) is 2.03. The summed E-state index contributed by atoms with van der Waals surface area (Å²) in [6.07, 6.45) is 1.50. The molecule has 1 amide bonds. The minimum atomic E-state index is -0.0955. The van der Waals surface area contributed by atoms with E-state index in [2.05, 4.69) is 10.2 Å². The number of carbonyl (C=O) groups is 1. The number of fused-ring (bicyclic) bond motifs is 1. The van der Waals surface area contributed by atoms with Crippen LogP contribution in [-0.4, -0.2) is 32.1 Å². The van der Waals surface area contributed by atoms with E-state index in [4.69, 9.17) is 4.42 Å². The lowest BCUT2D eigenvalue weighted by Crippen LogP contribution is -2.38. The molecule has 0 atom stereocenters. The predicted molar refractivity (Wildman–Crippen MR) is 58.2 cm³/mol. The van der Waals surface area contributed by atoms with E-state index in [0.29, 0.717) is 18.8 Å². The lowest BCUT2D eigenvalue weighted by Gasteiger charge is -2.26. The molecule has 0 bridgehead atoms. The molecule has 6 heteroatoms. The van der Waals surface area contributed by atoms with Crippen LogP contribution in [0.15, 0.2) is 22.8 Å². The Morgan fingerprint density at radius 1 is 1.41 bits per heavy atom. The van der Waals surface area contributed by atoms with Crippen LogP contribution < -0.4 is 0 Å². The van der Waals surface area contributed by atoms with Gasteiger partial charge < -0.3 is 13.9 Å². The van der Waals surface area contributed by atoms with Crippen molar-refractivity contribution in [3.8, 4) is 0 Å². The smallest absolute Gasteiger partial charge is 0.290 e. The largest absolute Gasteiger partial charge is 0.459 e. The zero-order valence-electron chi connectivity index (χ0n) is 9.46. The van der Waals surface area contributed by atoms with Crippen molar-refractivity contribution in [2.75, 3.05) is 6.54 Å². The third-order valence-corrected chi connectivity index (χ3v) is 2.96. The van der Waals surface area contributed by atoms with Gasteiger partial charge in [-0.2, -0.15) is 0 Å². The average Bonchev–Trinajstić information content (AvgIpc) is 2.98. The summed E-state index contributed by atoms with van der Waals surface area (Å²) in [6, 6.07) is 3.39. The average molecular weight is 232 g/mol. The van der Waals surface area contributed by atoms with Gasteiger partial charge in [0.05, 0.1) is 12.8 Å². The molecular formula is C11H12N4O2. The van der Waals surface area contributed by atoms with E-state index in [1.165, 1.54) is 6.26 Å². The van der Waals surface area contributed by atoms with Crippen molar-refractivity contribution in [3.63, 3.8) is 0 Å². The quantitative estimate of drug-likeness (QED) is 0.730. The van der Waals surface area contributed by atoms with Crippen molar-refractivity contribution in [2.24, 2.45) is 0 Å². The molecule has 17 heavy (non-hydrogen) atoms. The topological polar surface area (TPSA) is 64.2 Å². The molecule has 3 rings (SSSR count). The van der Waals surface area contributed by atoms with Gasteiger partial charge in [0.2, 0.25) is 0 Å². The van der Waals surface area contributed by atoms with Gasteiger partial charge in [-0.25, -0.2) is 0 Å². The molecule has 0 unspecified atom stereocenters. The van der Waals surface area contributed by atoms with Gasteiger partial charge in [-0.05, 0) is 19.1 Å². The first-order valence-electron chi connectivity index (χ1n) is 5.47. The highest BCUT2D eigenvalue weighted by atomic mass is 16.3. The normalized spacial score (nSPS) is 14.8. The van der Waals surface area contributed by atoms with Gasteiger partial charge in [-0.15, -0.1) is 10.2 Å². The van der Waals surface area contributed by atoms with Gasteiger partial charge in [-0.1, -0.05) is 0 Å². The van der Waals surface area contributed by atoms with Crippen LogP contribution in [0.3, 0.4) is 0 Å². The Bertz CT molecular complexity index is 544. The summed E-state index contributed by atoms with van der Waals surface area (Å²) in [7, 11) is 0. The monoisotopic (exact) mass is 232 g/mol. The minimum absolute atomic E-state index is 0.0955. The Morgan fingerprint density at radius 2 is 2.29 bits per heavy atom. The standard InChI is InChI=1S/C11H12N4O2/c1-8-12-13-10-7-14(4-5-15(8)10)11(16)9-3-2-6-17-9/h2-3,6H,4-5,7H2,1H3. The summed E-state index contributed by atoms with van der Waals surface area (Å²) in [4.78, 5) is 13.8. The summed E-state index contributed by atoms with van der Waals surface area (Å²) in [5, 5.41) is 8.07. The second-order valence-corrected chi connectivity index (χ2v) is 4.02. The number of amides is 1. The van der Waals surface area contributed by atoms with Crippen LogP contribution in [0.2, 0.25) is 0 Å². The molecule has 2 aromatic rings. The first-order valence-corrected chi connectivity index (χ1v) is 5.47. The van der Waals surface area contributed by atoms with Gasteiger partial charge >= 0.3 is 0 Å². The SMILES string of the molecule is Cc1nnc2n1CCN(C(=O)c1ccco1)C2. The van der Waals surface area contributed by atoms with E-state index >= 15 is 0 Å². The molecule has 1 aliphatic heterocycles. The van der Waals surface area contributed by atoms with E-state index < -0.39 is 0 Å². The highest BCUT2D eigenvalue weighted by Crippen LogP contribution is 2.15. The van der Waals surface area contributed by atoms with E-state index in [1.54, 1.807) is 17.0 Å². The van der Waals surface area contributed by atoms with Gasteiger partial charge in [0.25, 0.3) is 5.91 Å². The first-order chi connectivity index (χ1) is 8.25. The molecule has 0 aromatic carbocycles. The molecule has 0 spiro atoms. The van der Waals surface area contributed by atoms with E-state index in [9.17, 15) is 4.79 Å². The molecule has 3 heterocycles. The van der Waals surface area contributed by atoms with Crippen molar-refractivity contribution in [1.82, 2.24) is 19.7 Å². The third-order valence-electron chi connectivity index (χ3n) is 2.96. The molecule has 2 aromatic heterocycles. The summed E-state index contributed by atoms with van der Waals surface area (Å²) < 4.78 is 7.14. The molecule has 0 radical (unpaired) electrons. The highest BCUT2D eigenvalue weighted by molar-refractivity contribution is 5.91. The Kier molecular flexibility index (Phi) is 2.21. The lowest BCUT2D eigenvalue weighted by molar-refractivity contribution is 0.0674. The number of rotatable bonds is 1. The van der Waals surface area contributed by atoms with Gasteiger partial charge in [-0.3, -0.25) is 4.79 Å². The fourth-order valence-electron chi connectivity index (χ4n) is 2.03. The van der Waals surface area contributed by atoms with Crippen LogP contribution in [-0.2, 0) is 13.1 Å². The fraction of sp³-hybridized carbons (Fsp3) is 0.364. The second kappa shape index (κ2) is 3.73. The number of hydrogen-bond donors (Lipinski definition) is 0. The number of hydrogen-bond acceptors (Lipinski definition) is 4. The van der Waals surface area contributed by atoms with Crippen LogP contribution in [0.4, 0.5) is 0 Å². The predicted octanol–water partition coefficient (Wildman–Crippen LogP) is 0.836. The number of furan rings is 1. The Balaban J connectivity index is 1.83. The zero-order chi connectivity index (χ0) is 11.8. The van der Waals surface area contributed by atoms with Crippen LogP contribution >= 0.6 is 0 Å². The number of aryl methyl sites for hydroxylation is 1. The molecule has 0 fully saturated rings. The van der Waals surface area contributed by atoms with Gasteiger partial charge in [0, 0.05) is 13.1 Å². The van der Waals surface area contributed by atoms with E-state index in [-0.39, 0.29) is 5.91 Å². The van der Waals surface area contributed by atoms with Crippen molar-refractivity contribution in [2.45, 2.75) is 20.0 Å². The Hall–Kier alpha value is -2.11. The minimum Gasteiger partial charge on any atom is -0.459 e. The Morgan fingerprint density at radius 3 is 3.06 bits per heavy atom. The molecular weight excluding hydrogens is 220 g/mol. The third kappa shape index (κ3) is 1.61. The maximum Gasteiger partial charge on any atom is 0.290 e. The number of aromatic nitrogens is 3. The van der Waals surface area contributed by atoms with E-state index in [1.807, 2.05) is 11.5 Å². The van der Waals surface area contributed by atoms with Gasteiger partial charge in [0.15, 0.2) is 11.6 Å². The molecule has 0 aliphatic carbocycles. The second-order valence-electron chi connectivity index (χ2n) is 4.02. The molecule has 88 valence electrons. The summed E-state index contributed by atoms with van der Waals surface area (Å²) in [6.45, 7) is 3.80. The zero-order valence-corrected chi connectivity index (χ0v) is 9.46. The van der Waals surface area contributed by atoms with Crippen molar-refractivity contribution in [3.05, 3.63) is 35.8 Å². The Labute approximate surface area is 97.8 Å². The summed E-state index contributed by atoms with van der Waals surface area (Å²) in [5.74, 6) is 2.00. The van der Waals surface area contributed by atoms with E-state index in [0.717, 1.165) is 18.2 Å². The molecule has 0 saturated carbocycles. The molecule has 6 nitrogen and oxygen atoms in total. The lowest BCUT2D eigenvalue weighted by atomic mass is 10.3. The molecule has 0 N–H and O–H groups in total. The van der Waals surface area contributed by atoms with Crippen LogP contribution in [0.1, 0.15) is 22.2 Å².